The van der Waals surface area contributed by atoms with Gasteiger partial charge in [0.1, 0.15) is 35.3 Å². The van der Waals surface area contributed by atoms with Crippen LogP contribution in [0.3, 0.4) is 0 Å². The van der Waals surface area contributed by atoms with E-state index >= 15 is 0 Å². The number of amides is 6. The molecule has 0 saturated carbocycles. The first kappa shape index (κ1) is 44.1. The van der Waals surface area contributed by atoms with Gasteiger partial charge in [-0.1, -0.05) is 55.4 Å². The first-order chi connectivity index (χ1) is 21.8. The summed E-state index contributed by atoms with van der Waals surface area (Å²) < 4.78 is 10.0. The fourth-order valence-corrected chi connectivity index (χ4v) is 4.40. The van der Waals surface area contributed by atoms with E-state index in [4.69, 9.17) is 9.47 Å². The van der Waals surface area contributed by atoms with E-state index in [9.17, 15) is 33.6 Å². The minimum absolute atomic E-state index is 0.0127. The number of carbonyl (C=O) groups excluding carboxylic acids is 7. The molecular formula is C33H60N6O9. The molecule has 48 heavy (non-hydrogen) atoms. The lowest BCUT2D eigenvalue weighted by molar-refractivity contribution is -0.146. The molecule has 0 unspecified atom stereocenters. The quantitative estimate of drug-likeness (QED) is 0.123. The zero-order valence-electron chi connectivity index (χ0n) is 31.2. The molecule has 0 heterocycles. The van der Waals surface area contributed by atoms with Crippen molar-refractivity contribution in [3.8, 4) is 0 Å². The Kier molecular flexibility index (Phi) is 17.6. The second-order valence-electron chi connectivity index (χ2n) is 14.9. The lowest BCUT2D eigenvalue weighted by Gasteiger charge is -2.31. The summed E-state index contributed by atoms with van der Waals surface area (Å²) in [6.45, 7) is 21.6. The molecule has 0 fully saturated rings. The van der Waals surface area contributed by atoms with Crippen molar-refractivity contribution in [3.05, 3.63) is 0 Å². The highest BCUT2D eigenvalue weighted by Gasteiger charge is 2.36. The van der Waals surface area contributed by atoms with Crippen LogP contribution in [-0.2, 0) is 38.2 Å². The largest absolute Gasteiger partial charge is 0.467 e. The number of hydrogen-bond acceptors (Lipinski definition) is 9. The van der Waals surface area contributed by atoms with Crippen LogP contribution in [-0.4, -0.2) is 90.6 Å². The van der Waals surface area contributed by atoms with Crippen molar-refractivity contribution in [3.63, 3.8) is 0 Å². The molecule has 0 rings (SSSR count). The monoisotopic (exact) mass is 684 g/mol. The summed E-state index contributed by atoms with van der Waals surface area (Å²) in [6.07, 6.45) is -0.507. The Morgan fingerprint density at radius 3 is 1.54 bits per heavy atom. The van der Waals surface area contributed by atoms with Crippen LogP contribution in [0.25, 0.3) is 0 Å². The first-order valence-corrected chi connectivity index (χ1v) is 16.4. The van der Waals surface area contributed by atoms with Crippen LogP contribution in [0.2, 0.25) is 0 Å². The molecule has 15 heteroatoms. The van der Waals surface area contributed by atoms with Gasteiger partial charge in [0.05, 0.1) is 13.7 Å². The second kappa shape index (κ2) is 19.2. The van der Waals surface area contributed by atoms with Crippen LogP contribution in [0.5, 0.6) is 0 Å². The zero-order chi connectivity index (χ0) is 37.7. The normalized spacial score (nSPS) is 14.4. The van der Waals surface area contributed by atoms with E-state index < -0.39 is 89.4 Å². The van der Waals surface area contributed by atoms with Gasteiger partial charge in [0.2, 0.25) is 29.5 Å². The number of rotatable bonds is 17. The highest BCUT2D eigenvalue weighted by molar-refractivity contribution is 5.97. The summed E-state index contributed by atoms with van der Waals surface area (Å²) >= 11 is 0. The van der Waals surface area contributed by atoms with Crippen LogP contribution in [0.1, 0.15) is 96.4 Å². The molecule has 276 valence electrons. The molecule has 0 aromatic rings. The van der Waals surface area contributed by atoms with E-state index in [1.807, 2.05) is 13.8 Å². The third-order valence-electron chi connectivity index (χ3n) is 7.06. The van der Waals surface area contributed by atoms with Crippen molar-refractivity contribution in [2.45, 2.75) is 132 Å². The standard InChI is InChI=1S/C33H60N6O9/c1-17(2)15-21(26(41)37-25(20(7)8)29(44)47-14)35-22(40)16-34-30(45)33(12,13)39-28(43)24(19(5)6)36-27(42)23(18(3)4)38-31(46)48-32(9,10)11/h17-21,23-25H,15-16H2,1-14H3,(H,34,45)(H,35,40)(H,36,42)(H,37,41)(H,38,46)(H,39,43)/t21-,23-,24-,25-/m0/s1. The van der Waals surface area contributed by atoms with Crippen molar-refractivity contribution >= 4 is 41.6 Å². The molecule has 4 atom stereocenters. The molecule has 6 N–H and O–H groups in total. The van der Waals surface area contributed by atoms with Crippen LogP contribution in [0.15, 0.2) is 0 Å². The molecule has 0 aliphatic rings. The van der Waals surface area contributed by atoms with Gasteiger partial charge in [-0.15, -0.1) is 0 Å². The summed E-state index contributed by atoms with van der Waals surface area (Å²) in [6, 6.07) is -3.95. The number of hydrogen-bond donors (Lipinski definition) is 6. The Morgan fingerprint density at radius 2 is 1.10 bits per heavy atom. The summed E-state index contributed by atoms with van der Waals surface area (Å²) in [5.41, 5.74) is -2.29. The molecule has 6 amide bonds. The number of ether oxygens (including phenoxy) is 2. The first-order valence-electron chi connectivity index (χ1n) is 16.4. The van der Waals surface area contributed by atoms with Gasteiger partial charge in [0, 0.05) is 0 Å². The minimum atomic E-state index is -1.51. The van der Waals surface area contributed by atoms with Gasteiger partial charge in [0.15, 0.2) is 0 Å². The van der Waals surface area contributed by atoms with Crippen LogP contribution in [0, 0.1) is 23.7 Å². The van der Waals surface area contributed by atoms with Gasteiger partial charge in [-0.3, -0.25) is 24.0 Å². The van der Waals surface area contributed by atoms with Gasteiger partial charge < -0.3 is 41.4 Å². The number of nitrogens with one attached hydrogen (secondary N) is 6. The van der Waals surface area contributed by atoms with E-state index in [-0.39, 0.29) is 24.2 Å². The van der Waals surface area contributed by atoms with Gasteiger partial charge in [-0.2, -0.15) is 0 Å². The third kappa shape index (κ3) is 15.8. The molecule has 0 aromatic heterocycles. The SMILES string of the molecule is COC(=O)[C@@H](NC(=O)[C@H](CC(C)C)NC(=O)CNC(=O)C(C)(C)NC(=O)[C@@H](NC(=O)[C@@H](NC(=O)OC(C)(C)C)C(C)C)C(C)C)C(C)C. The Labute approximate surface area is 285 Å². The maximum absolute atomic E-state index is 13.3. The van der Waals surface area contributed by atoms with Crippen LogP contribution < -0.4 is 31.9 Å². The van der Waals surface area contributed by atoms with Gasteiger partial charge in [-0.25, -0.2) is 9.59 Å². The Bertz CT molecular complexity index is 1140. The molecule has 15 nitrogen and oxygen atoms in total. The predicted octanol–water partition coefficient (Wildman–Crippen LogP) is 1.53. The molecule has 0 aliphatic heterocycles. The lowest BCUT2D eigenvalue weighted by atomic mass is 9.97. The number of carbonyl (C=O) groups is 7. The maximum Gasteiger partial charge on any atom is 0.408 e. The minimum Gasteiger partial charge on any atom is -0.467 e. The Hall–Kier alpha value is -3.91. The summed E-state index contributed by atoms with van der Waals surface area (Å²) in [5, 5.41) is 15.6. The highest BCUT2D eigenvalue weighted by atomic mass is 16.6. The molecule has 0 radical (unpaired) electrons. The summed E-state index contributed by atoms with van der Waals surface area (Å²) in [5.74, 6) is -4.76. The molecule has 0 aliphatic carbocycles. The van der Waals surface area contributed by atoms with E-state index in [0.717, 1.165) is 0 Å². The fourth-order valence-electron chi connectivity index (χ4n) is 4.40. The van der Waals surface area contributed by atoms with E-state index in [1.54, 1.807) is 62.3 Å². The molecule has 0 saturated heterocycles. The fraction of sp³-hybridized carbons (Fsp3) is 0.788. The Morgan fingerprint density at radius 1 is 0.625 bits per heavy atom. The van der Waals surface area contributed by atoms with Gasteiger partial charge in [-0.05, 0) is 64.7 Å². The van der Waals surface area contributed by atoms with Crippen LogP contribution >= 0.6 is 0 Å². The molecule has 0 spiro atoms. The van der Waals surface area contributed by atoms with Crippen molar-refractivity contribution in [1.82, 2.24) is 31.9 Å². The van der Waals surface area contributed by atoms with Crippen molar-refractivity contribution in [1.29, 1.82) is 0 Å². The van der Waals surface area contributed by atoms with E-state index in [0.29, 0.717) is 0 Å². The summed E-state index contributed by atoms with van der Waals surface area (Å²) in [7, 11) is 1.22. The van der Waals surface area contributed by atoms with Crippen molar-refractivity contribution in [2.24, 2.45) is 23.7 Å². The van der Waals surface area contributed by atoms with Crippen LogP contribution in [0.4, 0.5) is 4.79 Å². The molecule has 0 aromatic carbocycles. The highest BCUT2D eigenvalue weighted by Crippen LogP contribution is 2.12. The smallest absolute Gasteiger partial charge is 0.408 e. The number of alkyl carbamates (subject to hydrolysis) is 1. The van der Waals surface area contributed by atoms with E-state index in [1.165, 1.54) is 21.0 Å². The van der Waals surface area contributed by atoms with Crippen molar-refractivity contribution < 1.29 is 43.0 Å². The third-order valence-corrected chi connectivity index (χ3v) is 7.06. The predicted molar refractivity (Wildman–Crippen MR) is 180 cm³/mol. The van der Waals surface area contributed by atoms with E-state index in [2.05, 4.69) is 31.9 Å². The topological polar surface area (TPSA) is 210 Å². The number of esters is 1. The average molecular weight is 685 g/mol. The number of methoxy groups -OCH3 is 1. The van der Waals surface area contributed by atoms with Gasteiger partial charge in [0.25, 0.3) is 0 Å². The molecular weight excluding hydrogens is 624 g/mol. The zero-order valence-corrected chi connectivity index (χ0v) is 31.2. The average Bonchev–Trinajstić information content (AvgIpc) is 2.92. The molecule has 0 bridgehead atoms. The lowest BCUT2D eigenvalue weighted by Crippen LogP contribution is -2.62. The van der Waals surface area contributed by atoms with Crippen molar-refractivity contribution in [2.75, 3.05) is 13.7 Å². The maximum atomic E-state index is 13.3. The summed E-state index contributed by atoms with van der Waals surface area (Å²) in [4.78, 5) is 89.9. The Balaban J connectivity index is 5.52. The van der Waals surface area contributed by atoms with Gasteiger partial charge >= 0.3 is 12.1 Å². The second-order valence-corrected chi connectivity index (χ2v) is 14.9.